The van der Waals surface area contributed by atoms with E-state index in [1.165, 1.54) is 0 Å². The second-order valence-electron chi connectivity index (χ2n) is 4.89. The molecule has 0 atom stereocenters. The summed E-state index contributed by atoms with van der Waals surface area (Å²) in [6.07, 6.45) is 2.15. The fraction of sp³-hybridized carbons (Fsp3) is 1.00. The molecule has 4 nitrogen and oxygen atoms in total. The summed E-state index contributed by atoms with van der Waals surface area (Å²) >= 11 is 0. The normalized spacial score (nSPS) is 19.7. The molecule has 0 aromatic heterocycles. The van der Waals surface area contributed by atoms with Crippen LogP contribution < -0.4 is 5.32 Å². The summed E-state index contributed by atoms with van der Waals surface area (Å²) in [5, 5.41) is 30.3. The topological polar surface area (TPSA) is 72.7 Å². The first-order valence-corrected chi connectivity index (χ1v) is 5.13. The lowest BCUT2D eigenvalue weighted by Gasteiger charge is -2.26. The third-order valence-electron chi connectivity index (χ3n) is 3.11. The molecule has 1 aliphatic rings. The van der Waals surface area contributed by atoms with Crippen LogP contribution in [0.15, 0.2) is 0 Å². The average molecular weight is 203 g/mol. The molecule has 0 saturated heterocycles. The van der Waals surface area contributed by atoms with Crippen molar-refractivity contribution in [3.05, 3.63) is 0 Å². The average Bonchev–Trinajstić information content (AvgIpc) is 2.98. The van der Waals surface area contributed by atoms with E-state index in [9.17, 15) is 0 Å². The summed E-state index contributed by atoms with van der Waals surface area (Å²) < 4.78 is 0. The van der Waals surface area contributed by atoms with Crippen LogP contribution in [0.2, 0.25) is 0 Å². The van der Waals surface area contributed by atoms with Crippen molar-refractivity contribution in [1.82, 2.24) is 5.32 Å². The first kappa shape index (κ1) is 11.9. The molecule has 0 aromatic rings. The minimum Gasteiger partial charge on any atom is -0.396 e. The molecular weight excluding hydrogens is 182 g/mol. The molecule has 0 unspecified atom stereocenters. The summed E-state index contributed by atoms with van der Waals surface area (Å²) in [5.74, 6) is 0. The van der Waals surface area contributed by atoms with E-state index >= 15 is 0 Å². The molecule has 0 aliphatic heterocycles. The second kappa shape index (κ2) is 4.57. The lowest BCUT2D eigenvalue weighted by molar-refractivity contribution is 0.0675. The first-order chi connectivity index (χ1) is 6.60. The van der Waals surface area contributed by atoms with Crippen molar-refractivity contribution in [2.45, 2.75) is 19.8 Å². The van der Waals surface area contributed by atoms with Crippen LogP contribution in [0, 0.1) is 10.8 Å². The van der Waals surface area contributed by atoms with Crippen molar-refractivity contribution in [1.29, 1.82) is 0 Å². The molecule has 1 fully saturated rings. The molecule has 0 radical (unpaired) electrons. The highest BCUT2D eigenvalue weighted by Crippen LogP contribution is 2.44. The van der Waals surface area contributed by atoms with Crippen molar-refractivity contribution in [3.8, 4) is 0 Å². The molecule has 0 bridgehead atoms. The van der Waals surface area contributed by atoms with Gasteiger partial charge in [-0.15, -0.1) is 0 Å². The summed E-state index contributed by atoms with van der Waals surface area (Å²) in [6.45, 7) is 3.37. The highest BCUT2D eigenvalue weighted by molar-refractivity contribution is 4.94. The van der Waals surface area contributed by atoms with Crippen LogP contribution in [-0.2, 0) is 0 Å². The van der Waals surface area contributed by atoms with Crippen LogP contribution in [-0.4, -0.2) is 48.2 Å². The van der Waals surface area contributed by atoms with E-state index in [2.05, 4.69) is 5.32 Å². The van der Waals surface area contributed by atoms with Gasteiger partial charge in [0.2, 0.25) is 0 Å². The Bertz CT molecular complexity index is 176. The summed E-state index contributed by atoms with van der Waals surface area (Å²) in [6, 6.07) is 0. The van der Waals surface area contributed by atoms with Crippen LogP contribution in [0.5, 0.6) is 0 Å². The Hall–Kier alpha value is -0.160. The minimum absolute atomic E-state index is 0.0252. The zero-order valence-corrected chi connectivity index (χ0v) is 8.79. The Morgan fingerprint density at radius 3 is 2.14 bits per heavy atom. The highest BCUT2D eigenvalue weighted by atomic mass is 16.3. The predicted octanol–water partition coefficient (Wildman–Crippen LogP) is -0.661. The molecule has 0 amide bonds. The molecule has 14 heavy (non-hydrogen) atoms. The van der Waals surface area contributed by atoms with E-state index in [-0.39, 0.29) is 25.2 Å². The number of hydrogen-bond donors (Lipinski definition) is 4. The SMILES string of the molecule is CC(CO)(CO)CNCC1(CO)CC1. The van der Waals surface area contributed by atoms with Crippen molar-refractivity contribution >= 4 is 0 Å². The maximum Gasteiger partial charge on any atom is 0.0518 e. The predicted molar refractivity (Wildman–Crippen MR) is 53.9 cm³/mol. The molecule has 4 N–H and O–H groups in total. The van der Waals surface area contributed by atoms with Gasteiger partial charge in [-0.05, 0) is 12.8 Å². The molecular formula is C10H21NO3. The molecule has 1 saturated carbocycles. The highest BCUT2D eigenvalue weighted by Gasteiger charge is 2.41. The van der Waals surface area contributed by atoms with Gasteiger partial charge in [0.1, 0.15) is 0 Å². The Kier molecular flexibility index (Phi) is 3.89. The fourth-order valence-electron chi connectivity index (χ4n) is 1.36. The van der Waals surface area contributed by atoms with Gasteiger partial charge < -0.3 is 20.6 Å². The zero-order valence-electron chi connectivity index (χ0n) is 8.79. The fourth-order valence-corrected chi connectivity index (χ4v) is 1.36. The van der Waals surface area contributed by atoms with Crippen molar-refractivity contribution in [2.75, 3.05) is 32.9 Å². The number of aliphatic hydroxyl groups excluding tert-OH is 3. The van der Waals surface area contributed by atoms with E-state index in [1.54, 1.807) is 0 Å². The summed E-state index contributed by atoms with van der Waals surface area (Å²) in [7, 11) is 0. The van der Waals surface area contributed by atoms with E-state index in [4.69, 9.17) is 15.3 Å². The van der Waals surface area contributed by atoms with Crippen molar-refractivity contribution in [3.63, 3.8) is 0 Å². The Balaban J connectivity index is 2.20. The van der Waals surface area contributed by atoms with Crippen LogP contribution in [0.25, 0.3) is 0 Å². The van der Waals surface area contributed by atoms with Gasteiger partial charge >= 0.3 is 0 Å². The van der Waals surface area contributed by atoms with Gasteiger partial charge in [0.15, 0.2) is 0 Å². The van der Waals surface area contributed by atoms with E-state index < -0.39 is 5.41 Å². The summed E-state index contributed by atoms with van der Waals surface area (Å²) in [5.41, 5.74) is -0.364. The molecule has 0 heterocycles. The number of aliphatic hydroxyl groups is 3. The molecule has 4 heteroatoms. The lowest BCUT2D eigenvalue weighted by atomic mass is 9.93. The molecule has 84 valence electrons. The van der Waals surface area contributed by atoms with Gasteiger partial charge in [-0.25, -0.2) is 0 Å². The Morgan fingerprint density at radius 1 is 1.21 bits per heavy atom. The second-order valence-corrected chi connectivity index (χ2v) is 4.89. The zero-order chi connectivity index (χ0) is 10.7. The lowest BCUT2D eigenvalue weighted by Crippen LogP contribution is -2.40. The molecule has 0 aromatic carbocycles. The number of rotatable bonds is 7. The van der Waals surface area contributed by atoms with Gasteiger partial charge in [0.05, 0.1) is 13.2 Å². The maximum absolute atomic E-state index is 9.06. The first-order valence-electron chi connectivity index (χ1n) is 5.13. The van der Waals surface area contributed by atoms with Gasteiger partial charge in [0.25, 0.3) is 0 Å². The molecule has 0 spiro atoms. The third kappa shape index (κ3) is 2.92. The van der Waals surface area contributed by atoms with Crippen molar-refractivity contribution in [2.24, 2.45) is 10.8 Å². The van der Waals surface area contributed by atoms with E-state index in [0.717, 1.165) is 19.4 Å². The summed E-state index contributed by atoms with van der Waals surface area (Å²) in [4.78, 5) is 0. The maximum atomic E-state index is 9.06. The number of nitrogens with one attached hydrogen (secondary N) is 1. The molecule has 1 aliphatic carbocycles. The van der Waals surface area contributed by atoms with Crippen LogP contribution in [0.4, 0.5) is 0 Å². The van der Waals surface area contributed by atoms with Gasteiger partial charge in [-0.3, -0.25) is 0 Å². The minimum atomic E-state index is -0.453. The Morgan fingerprint density at radius 2 is 1.79 bits per heavy atom. The largest absolute Gasteiger partial charge is 0.396 e. The van der Waals surface area contributed by atoms with Crippen molar-refractivity contribution < 1.29 is 15.3 Å². The third-order valence-corrected chi connectivity index (χ3v) is 3.11. The van der Waals surface area contributed by atoms with E-state index in [1.807, 2.05) is 6.92 Å². The van der Waals surface area contributed by atoms with Crippen LogP contribution in [0.3, 0.4) is 0 Å². The van der Waals surface area contributed by atoms with Crippen LogP contribution >= 0.6 is 0 Å². The number of hydrogen-bond acceptors (Lipinski definition) is 4. The standard InChI is InChI=1S/C10H21NO3/c1-9(6-12,7-13)4-11-5-10(8-14)2-3-10/h11-14H,2-8H2,1H3. The molecule has 1 rings (SSSR count). The quantitative estimate of drug-likeness (QED) is 0.443. The van der Waals surface area contributed by atoms with Gasteiger partial charge in [-0.2, -0.15) is 0 Å². The monoisotopic (exact) mass is 203 g/mol. The Labute approximate surface area is 85.0 Å². The van der Waals surface area contributed by atoms with E-state index in [0.29, 0.717) is 6.54 Å². The van der Waals surface area contributed by atoms with Gasteiger partial charge in [-0.1, -0.05) is 6.92 Å². The van der Waals surface area contributed by atoms with Crippen LogP contribution in [0.1, 0.15) is 19.8 Å². The van der Waals surface area contributed by atoms with Gasteiger partial charge in [0, 0.05) is 30.5 Å². The smallest absolute Gasteiger partial charge is 0.0518 e.